The number of carbonyl (C=O) groups is 1. The Morgan fingerprint density at radius 2 is 1.03 bits per heavy atom. The first-order valence-corrected chi connectivity index (χ1v) is 20.0. The van der Waals surface area contributed by atoms with Crippen molar-refractivity contribution in [2.75, 3.05) is 7.11 Å². The Morgan fingerprint density at radius 1 is 0.652 bits per heavy atom. The summed E-state index contributed by atoms with van der Waals surface area (Å²) in [6.45, 7) is 7.66. The summed E-state index contributed by atoms with van der Waals surface area (Å²) >= 11 is 12.9. The number of hydrogen-bond acceptors (Lipinski definition) is 9. The lowest BCUT2D eigenvalue weighted by Gasteiger charge is -2.37. The van der Waals surface area contributed by atoms with Gasteiger partial charge in [-0.3, -0.25) is 0 Å². The standard InChI is InChI=1S/C46H36Cl2F9N3O6/c1-21-12-27(13-22(2)33(21)19-58)42(62,45(52,53)54)25(5)31-10-8-29(16-36(31)47)65-38-18-35(44(49,50)51)39(41(61)64-7)40(60-38)66-30-9-11-32(37(48)17-30)26(6)43(63,46(55,56)57)28-14-23(3)34(20-59)24(4)15-28/h8-18,25-26,62-63H,1-7H3. The molecule has 0 bridgehead atoms. The number of pyridine rings is 1. The molecule has 9 nitrogen and oxygen atoms in total. The number of nitrogens with zero attached hydrogens (tertiary/aromatic N) is 3. The molecule has 0 aliphatic heterocycles. The number of halogens is 11. The molecular formula is C46H36Cl2F9N3O6. The maximum atomic E-state index is 14.8. The minimum Gasteiger partial charge on any atom is -0.465 e. The molecule has 0 fully saturated rings. The minimum absolute atomic E-state index is 0.107. The third-order valence-corrected chi connectivity index (χ3v) is 11.9. The van der Waals surface area contributed by atoms with E-state index in [1.54, 1.807) is 0 Å². The summed E-state index contributed by atoms with van der Waals surface area (Å²) in [5.41, 5.74) is -11.0. The van der Waals surface area contributed by atoms with Gasteiger partial charge in [0, 0.05) is 27.9 Å². The van der Waals surface area contributed by atoms with Crippen molar-refractivity contribution in [1.29, 1.82) is 10.5 Å². The van der Waals surface area contributed by atoms with Crippen molar-refractivity contribution < 1.29 is 68.7 Å². The van der Waals surface area contributed by atoms with Crippen molar-refractivity contribution in [2.24, 2.45) is 0 Å². The zero-order valence-electron chi connectivity index (χ0n) is 35.5. The van der Waals surface area contributed by atoms with Gasteiger partial charge in [-0.05, 0) is 96.5 Å². The highest BCUT2D eigenvalue weighted by atomic mass is 35.5. The first kappa shape index (κ1) is 50.9. The number of methoxy groups -OCH3 is 1. The van der Waals surface area contributed by atoms with Crippen molar-refractivity contribution in [1.82, 2.24) is 4.98 Å². The van der Waals surface area contributed by atoms with Crippen molar-refractivity contribution in [3.63, 3.8) is 0 Å². The number of benzene rings is 4. The Kier molecular flexibility index (Phi) is 14.1. The van der Waals surface area contributed by atoms with Gasteiger partial charge in [-0.25, -0.2) is 4.79 Å². The molecule has 66 heavy (non-hydrogen) atoms. The van der Waals surface area contributed by atoms with Crippen LogP contribution in [0, 0.1) is 50.4 Å². The zero-order chi connectivity index (χ0) is 49.6. The number of hydrogen-bond donors (Lipinski definition) is 2. The predicted molar refractivity (Wildman–Crippen MR) is 222 cm³/mol. The summed E-state index contributed by atoms with van der Waals surface area (Å²) in [5.74, 6) is -8.13. The lowest BCUT2D eigenvalue weighted by molar-refractivity contribution is -0.274. The van der Waals surface area contributed by atoms with Crippen molar-refractivity contribution in [2.45, 2.75) is 83.1 Å². The molecule has 0 aliphatic rings. The fraction of sp³-hybridized carbons (Fsp3) is 0.304. The molecule has 0 radical (unpaired) electrons. The third-order valence-electron chi connectivity index (χ3n) is 11.3. The average molecular weight is 969 g/mol. The second-order valence-electron chi connectivity index (χ2n) is 15.4. The molecule has 0 saturated heterocycles. The molecule has 4 atom stereocenters. The number of esters is 1. The van der Waals surface area contributed by atoms with E-state index in [9.17, 15) is 65.0 Å². The van der Waals surface area contributed by atoms with Gasteiger partial charge in [0.05, 0.1) is 35.9 Å². The molecule has 0 amide bonds. The van der Waals surface area contributed by atoms with Gasteiger partial charge >= 0.3 is 24.5 Å². The largest absolute Gasteiger partial charge is 0.465 e. The molecule has 2 N–H and O–H groups in total. The van der Waals surface area contributed by atoms with Crippen molar-refractivity contribution in [3.8, 4) is 35.4 Å². The Hall–Kier alpha value is -6.05. The molecule has 1 heterocycles. The van der Waals surface area contributed by atoms with Crippen molar-refractivity contribution in [3.05, 3.63) is 144 Å². The molecule has 0 aliphatic carbocycles. The maximum absolute atomic E-state index is 14.8. The zero-order valence-corrected chi connectivity index (χ0v) is 37.0. The van der Waals surface area contributed by atoms with E-state index in [4.69, 9.17) is 32.7 Å². The first-order valence-electron chi connectivity index (χ1n) is 19.2. The summed E-state index contributed by atoms with van der Waals surface area (Å²) in [7, 11) is 0.760. The Bertz CT molecular complexity index is 2770. The number of carbonyl (C=O) groups excluding carboxylic acids is 1. The molecule has 0 saturated carbocycles. The van der Waals surface area contributed by atoms with E-state index < -0.39 is 97.3 Å². The molecule has 4 aromatic carbocycles. The smallest absolute Gasteiger partial charge is 0.422 e. The van der Waals surface area contributed by atoms with E-state index >= 15 is 0 Å². The van der Waals surface area contributed by atoms with Gasteiger partial charge in [0.15, 0.2) is 11.2 Å². The van der Waals surface area contributed by atoms with Crippen LogP contribution < -0.4 is 9.47 Å². The van der Waals surface area contributed by atoms with E-state index in [1.165, 1.54) is 27.7 Å². The molecule has 348 valence electrons. The Balaban J connectivity index is 1.56. The van der Waals surface area contributed by atoms with Crippen LogP contribution in [-0.4, -0.2) is 40.6 Å². The highest BCUT2D eigenvalue weighted by Gasteiger charge is 2.60. The molecular weight excluding hydrogens is 932 g/mol. The molecule has 5 aromatic rings. The van der Waals surface area contributed by atoms with E-state index in [0.717, 1.165) is 81.6 Å². The number of nitriles is 2. The molecule has 4 unspecified atom stereocenters. The predicted octanol–water partition coefficient (Wildman–Crippen LogP) is 12.9. The highest BCUT2D eigenvalue weighted by molar-refractivity contribution is 6.32. The Labute approximate surface area is 381 Å². The van der Waals surface area contributed by atoms with Gasteiger partial charge < -0.3 is 24.4 Å². The quantitative estimate of drug-likeness (QED) is 0.0975. The van der Waals surface area contributed by atoms with Crippen LogP contribution in [0.5, 0.6) is 23.3 Å². The average Bonchev–Trinajstić information content (AvgIpc) is 3.20. The van der Waals surface area contributed by atoms with E-state index in [2.05, 4.69) is 9.72 Å². The topological polar surface area (TPSA) is 146 Å². The maximum Gasteiger partial charge on any atom is 0.422 e. The van der Waals surface area contributed by atoms with Crippen LogP contribution in [0.25, 0.3) is 0 Å². The normalized spacial score (nSPS) is 14.8. The summed E-state index contributed by atoms with van der Waals surface area (Å²) in [5, 5.41) is 40.8. The molecule has 5 rings (SSSR count). The van der Waals surface area contributed by atoms with Crippen LogP contribution in [0.2, 0.25) is 10.0 Å². The number of aromatic nitrogens is 1. The van der Waals surface area contributed by atoms with Crippen LogP contribution in [-0.2, 0) is 22.1 Å². The lowest BCUT2D eigenvalue weighted by Crippen LogP contribution is -2.46. The van der Waals surface area contributed by atoms with E-state index in [-0.39, 0.29) is 50.3 Å². The summed E-state index contributed by atoms with van der Waals surface area (Å²) in [6, 6.07) is 14.0. The SMILES string of the molecule is COC(=O)c1c(C(F)(F)F)cc(Oc2ccc(C(C)C(O)(c3cc(C)c(C#N)c(C)c3)C(F)(F)F)c(Cl)c2)nc1Oc1ccc(C(C)C(O)(c2cc(C)c(C#N)c(C)c2)C(F)(F)F)c(Cl)c1. The van der Waals surface area contributed by atoms with Gasteiger partial charge in [-0.2, -0.15) is 55.0 Å². The first-order chi connectivity index (χ1) is 30.5. The van der Waals surface area contributed by atoms with E-state index in [1.807, 2.05) is 12.1 Å². The van der Waals surface area contributed by atoms with E-state index in [0.29, 0.717) is 6.07 Å². The van der Waals surface area contributed by atoms with Gasteiger partial charge in [0.25, 0.3) is 0 Å². The second-order valence-corrected chi connectivity index (χ2v) is 16.2. The molecule has 0 spiro atoms. The van der Waals surface area contributed by atoms with Crippen LogP contribution >= 0.6 is 23.2 Å². The van der Waals surface area contributed by atoms with Gasteiger partial charge in [-0.15, -0.1) is 0 Å². The fourth-order valence-electron chi connectivity index (χ4n) is 7.71. The summed E-state index contributed by atoms with van der Waals surface area (Å²) < 4.78 is 148. The van der Waals surface area contributed by atoms with Crippen LogP contribution in [0.1, 0.15) is 97.2 Å². The Morgan fingerprint density at radius 3 is 1.35 bits per heavy atom. The fourth-order valence-corrected chi connectivity index (χ4v) is 8.38. The van der Waals surface area contributed by atoms with Gasteiger partial charge in [0.2, 0.25) is 11.8 Å². The minimum atomic E-state index is -5.33. The van der Waals surface area contributed by atoms with Crippen molar-refractivity contribution >= 4 is 29.2 Å². The highest BCUT2D eigenvalue weighted by Crippen LogP contribution is 2.53. The number of alkyl halides is 9. The second kappa shape index (κ2) is 18.3. The third kappa shape index (κ3) is 9.33. The van der Waals surface area contributed by atoms with Crippen LogP contribution in [0.4, 0.5) is 39.5 Å². The molecule has 20 heteroatoms. The summed E-state index contributed by atoms with van der Waals surface area (Å²) in [4.78, 5) is 16.8. The number of aryl methyl sites for hydroxylation is 4. The number of ether oxygens (including phenoxy) is 3. The summed E-state index contributed by atoms with van der Waals surface area (Å²) in [6.07, 6.45) is -15.9. The molecule has 1 aromatic heterocycles. The van der Waals surface area contributed by atoms with Crippen LogP contribution in [0.15, 0.2) is 66.7 Å². The number of aliphatic hydroxyl groups is 2. The van der Waals surface area contributed by atoms with Gasteiger partial charge in [-0.1, -0.05) is 73.4 Å². The number of rotatable bonds is 11. The van der Waals surface area contributed by atoms with Crippen LogP contribution in [0.3, 0.4) is 0 Å². The van der Waals surface area contributed by atoms with Gasteiger partial charge in [0.1, 0.15) is 17.1 Å². The lowest BCUT2D eigenvalue weighted by atomic mass is 9.76. The monoisotopic (exact) mass is 967 g/mol.